The molecule has 1 N–H and O–H groups in total. The number of carboxylic acids is 1. The Bertz CT molecular complexity index is 580. The van der Waals surface area contributed by atoms with Gasteiger partial charge in [0.15, 0.2) is 0 Å². The summed E-state index contributed by atoms with van der Waals surface area (Å²) in [5.41, 5.74) is 2.02. The Morgan fingerprint density at radius 2 is 2.10 bits per heavy atom. The highest BCUT2D eigenvalue weighted by atomic mass is 16.5. The quantitative estimate of drug-likeness (QED) is 0.900. The van der Waals surface area contributed by atoms with E-state index in [4.69, 9.17) is 4.74 Å². The van der Waals surface area contributed by atoms with Crippen LogP contribution in [0.5, 0.6) is 5.75 Å². The molecule has 21 heavy (non-hydrogen) atoms. The van der Waals surface area contributed by atoms with E-state index in [1.807, 2.05) is 13.0 Å². The summed E-state index contributed by atoms with van der Waals surface area (Å²) in [7, 11) is 1.69. The number of hydrogen-bond donors (Lipinski definition) is 1. The minimum atomic E-state index is -0.634. The van der Waals surface area contributed by atoms with Crippen LogP contribution in [0.4, 0.5) is 0 Å². The van der Waals surface area contributed by atoms with Crippen molar-refractivity contribution in [2.45, 2.75) is 51.4 Å². The molecule has 0 radical (unpaired) electrons. The van der Waals surface area contributed by atoms with Crippen LogP contribution < -0.4 is 4.74 Å². The van der Waals surface area contributed by atoms with E-state index in [0.717, 1.165) is 37.9 Å². The second kappa shape index (κ2) is 4.75. The smallest absolute Gasteiger partial charge is 0.309 e. The molecule has 1 unspecified atom stereocenters. The van der Waals surface area contributed by atoms with Crippen molar-refractivity contribution in [1.82, 2.24) is 0 Å². The normalized spacial score (nSPS) is 34.7. The van der Waals surface area contributed by atoms with Crippen LogP contribution in [0, 0.1) is 11.3 Å². The Balaban J connectivity index is 2.12. The van der Waals surface area contributed by atoms with Gasteiger partial charge in [-0.1, -0.05) is 19.4 Å². The molecule has 3 nitrogen and oxygen atoms in total. The molecule has 0 aliphatic heterocycles. The number of methoxy groups -OCH3 is 1. The summed E-state index contributed by atoms with van der Waals surface area (Å²) in [6.45, 7) is 4.21. The molecule has 1 aromatic rings. The second-order valence-corrected chi connectivity index (χ2v) is 7.11. The Kier molecular flexibility index (Phi) is 3.27. The van der Waals surface area contributed by atoms with Crippen LogP contribution >= 0.6 is 0 Å². The van der Waals surface area contributed by atoms with Crippen molar-refractivity contribution in [1.29, 1.82) is 0 Å². The maximum atomic E-state index is 11.9. The minimum absolute atomic E-state index is 0.0481. The Morgan fingerprint density at radius 3 is 2.76 bits per heavy atom. The van der Waals surface area contributed by atoms with Crippen molar-refractivity contribution in [3.8, 4) is 5.75 Å². The van der Waals surface area contributed by atoms with Gasteiger partial charge in [-0.15, -0.1) is 0 Å². The molecule has 0 aromatic heterocycles. The van der Waals surface area contributed by atoms with Crippen molar-refractivity contribution in [3.63, 3.8) is 0 Å². The maximum absolute atomic E-state index is 11.9. The van der Waals surface area contributed by atoms with E-state index in [0.29, 0.717) is 0 Å². The van der Waals surface area contributed by atoms with Gasteiger partial charge in [-0.25, -0.2) is 0 Å². The fourth-order valence-corrected chi connectivity index (χ4v) is 4.82. The average molecular weight is 288 g/mol. The highest BCUT2D eigenvalue weighted by Crippen LogP contribution is 2.57. The summed E-state index contributed by atoms with van der Waals surface area (Å²) in [6.07, 6.45) is 4.79. The van der Waals surface area contributed by atoms with Gasteiger partial charge in [-0.05, 0) is 67.2 Å². The highest BCUT2D eigenvalue weighted by Gasteiger charge is 2.55. The molecule has 0 spiro atoms. The molecule has 1 aromatic carbocycles. The molecule has 1 fully saturated rings. The fraction of sp³-hybridized carbons (Fsp3) is 0.611. The Morgan fingerprint density at radius 1 is 1.33 bits per heavy atom. The minimum Gasteiger partial charge on any atom is -0.497 e. The van der Waals surface area contributed by atoms with Gasteiger partial charge in [-0.2, -0.15) is 0 Å². The average Bonchev–Trinajstić information content (AvgIpc) is 2.46. The van der Waals surface area contributed by atoms with Crippen LogP contribution in [0.3, 0.4) is 0 Å². The third kappa shape index (κ3) is 1.97. The van der Waals surface area contributed by atoms with Gasteiger partial charge in [0, 0.05) is 0 Å². The van der Waals surface area contributed by atoms with E-state index in [1.165, 1.54) is 11.1 Å². The summed E-state index contributed by atoms with van der Waals surface area (Å²) in [6, 6.07) is 6.30. The standard InChI is InChI=1S/C18H24O3/c1-17-9-4-10-18(2,16(19)20)15(17)8-6-12-5-7-13(21-3)11-14(12)17/h5,7,11,15H,4,6,8-10H2,1-3H3,(H,19,20)/t15?,17-,18+/m1/s1. The zero-order valence-electron chi connectivity index (χ0n) is 13.1. The van der Waals surface area contributed by atoms with Gasteiger partial charge < -0.3 is 9.84 Å². The summed E-state index contributed by atoms with van der Waals surface area (Å²) in [5.74, 6) is 0.443. The topological polar surface area (TPSA) is 46.5 Å². The lowest BCUT2D eigenvalue weighted by Crippen LogP contribution is -2.52. The summed E-state index contributed by atoms with van der Waals surface area (Å²) in [5, 5.41) is 9.77. The van der Waals surface area contributed by atoms with Gasteiger partial charge in [0.25, 0.3) is 0 Å². The lowest BCUT2D eigenvalue weighted by Gasteiger charge is -2.53. The molecule has 3 rings (SSSR count). The van der Waals surface area contributed by atoms with Crippen LogP contribution in [0.15, 0.2) is 18.2 Å². The van der Waals surface area contributed by atoms with Crippen molar-refractivity contribution in [2.24, 2.45) is 11.3 Å². The van der Waals surface area contributed by atoms with Crippen molar-refractivity contribution >= 4 is 5.97 Å². The number of benzene rings is 1. The van der Waals surface area contributed by atoms with Crippen LogP contribution in [-0.4, -0.2) is 18.2 Å². The zero-order valence-corrected chi connectivity index (χ0v) is 13.1. The third-order valence-corrected chi connectivity index (χ3v) is 6.05. The molecule has 0 saturated heterocycles. The van der Waals surface area contributed by atoms with Gasteiger partial charge in [0.05, 0.1) is 12.5 Å². The number of rotatable bonds is 2. The number of fused-ring (bicyclic) bond motifs is 3. The molecule has 0 heterocycles. The van der Waals surface area contributed by atoms with E-state index in [9.17, 15) is 9.90 Å². The molecule has 3 heteroatoms. The lowest BCUT2D eigenvalue weighted by atomic mass is 9.50. The fourth-order valence-electron chi connectivity index (χ4n) is 4.82. The molecule has 1 saturated carbocycles. The summed E-state index contributed by atoms with van der Waals surface area (Å²) >= 11 is 0. The molecular formula is C18H24O3. The van der Waals surface area contributed by atoms with Crippen LogP contribution in [0.2, 0.25) is 0 Å². The Labute approximate surface area is 126 Å². The van der Waals surface area contributed by atoms with Gasteiger partial charge in [0.2, 0.25) is 0 Å². The third-order valence-electron chi connectivity index (χ3n) is 6.05. The first-order valence-electron chi connectivity index (χ1n) is 7.82. The SMILES string of the molecule is COc1ccc2c(c1)[C@@]1(C)CCC[C@](C)(C(=O)O)C1CC2. The van der Waals surface area contributed by atoms with E-state index in [2.05, 4.69) is 19.1 Å². The monoisotopic (exact) mass is 288 g/mol. The van der Waals surface area contributed by atoms with E-state index < -0.39 is 11.4 Å². The summed E-state index contributed by atoms with van der Waals surface area (Å²) in [4.78, 5) is 11.9. The molecule has 3 atom stereocenters. The molecular weight excluding hydrogens is 264 g/mol. The zero-order chi connectivity index (χ0) is 15.3. The first-order chi connectivity index (χ1) is 9.91. The number of carboxylic acid groups (broad SMARTS) is 1. The van der Waals surface area contributed by atoms with Crippen molar-refractivity contribution in [2.75, 3.05) is 7.11 Å². The predicted molar refractivity (Wildman–Crippen MR) is 81.8 cm³/mol. The van der Waals surface area contributed by atoms with Gasteiger partial charge in [0.1, 0.15) is 5.75 Å². The van der Waals surface area contributed by atoms with E-state index in [1.54, 1.807) is 7.11 Å². The van der Waals surface area contributed by atoms with Crippen LogP contribution in [0.25, 0.3) is 0 Å². The number of ether oxygens (including phenoxy) is 1. The van der Waals surface area contributed by atoms with Crippen molar-refractivity contribution < 1.29 is 14.6 Å². The predicted octanol–water partition coefficient (Wildman–Crippen LogP) is 3.79. The van der Waals surface area contributed by atoms with Crippen molar-refractivity contribution in [3.05, 3.63) is 29.3 Å². The first-order valence-corrected chi connectivity index (χ1v) is 7.82. The molecule has 114 valence electrons. The molecule has 2 aliphatic carbocycles. The van der Waals surface area contributed by atoms with Crippen LogP contribution in [0.1, 0.15) is 50.7 Å². The molecule has 0 amide bonds. The lowest BCUT2D eigenvalue weighted by molar-refractivity contribution is -0.157. The second-order valence-electron chi connectivity index (χ2n) is 7.11. The molecule has 0 bridgehead atoms. The largest absolute Gasteiger partial charge is 0.497 e. The summed E-state index contributed by atoms with van der Waals surface area (Å²) < 4.78 is 5.39. The highest BCUT2D eigenvalue weighted by molar-refractivity contribution is 5.75. The number of aryl methyl sites for hydroxylation is 1. The number of hydrogen-bond acceptors (Lipinski definition) is 2. The Hall–Kier alpha value is -1.51. The van der Waals surface area contributed by atoms with Crippen LogP contribution in [-0.2, 0) is 16.6 Å². The number of aliphatic carboxylic acids is 1. The van der Waals surface area contributed by atoms with Gasteiger partial charge in [-0.3, -0.25) is 4.79 Å². The number of carbonyl (C=O) groups is 1. The first kappa shape index (κ1) is 14.4. The van der Waals surface area contributed by atoms with E-state index in [-0.39, 0.29) is 11.3 Å². The van der Waals surface area contributed by atoms with Gasteiger partial charge >= 0.3 is 5.97 Å². The molecule has 2 aliphatic rings. The maximum Gasteiger partial charge on any atom is 0.309 e. The van der Waals surface area contributed by atoms with E-state index >= 15 is 0 Å².